The molecule has 0 saturated heterocycles. The van der Waals surface area contributed by atoms with Gasteiger partial charge in [-0.05, 0) is 26.0 Å². The summed E-state index contributed by atoms with van der Waals surface area (Å²) in [6.45, 7) is 4.44. The van der Waals surface area contributed by atoms with Crippen LogP contribution in [-0.4, -0.2) is 26.4 Å². The number of benzene rings is 1. The maximum absolute atomic E-state index is 5.63. The van der Waals surface area contributed by atoms with Crippen molar-refractivity contribution in [3.8, 4) is 11.5 Å². The molecular formula is C12H18O3. The van der Waals surface area contributed by atoms with Crippen LogP contribution in [0.15, 0.2) is 24.3 Å². The van der Waals surface area contributed by atoms with Gasteiger partial charge in [-0.15, -0.1) is 0 Å². The fraction of sp³-hybridized carbons (Fsp3) is 0.500. The average molecular weight is 210 g/mol. The fourth-order valence-corrected chi connectivity index (χ4v) is 1.05. The Hall–Kier alpha value is -1.22. The van der Waals surface area contributed by atoms with Crippen LogP contribution in [0.25, 0.3) is 0 Å². The molecule has 3 nitrogen and oxygen atoms in total. The SMILES string of the molecule is COc1ccccc1OCC(C)(C)OC. The van der Waals surface area contributed by atoms with E-state index in [2.05, 4.69) is 0 Å². The van der Waals surface area contributed by atoms with Crippen molar-refractivity contribution in [2.24, 2.45) is 0 Å². The van der Waals surface area contributed by atoms with Crippen LogP contribution < -0.4 is 9.47 Å². The number of hydrogen-bond acceptors (Lipinski definition) is 3. The minimum absolute atomic E-state index is 0.291. The topological polar surface area (TPSA) is 27.7 Å². The van der Waals surface area contributed by atoms with Crippen molar-refractivity contribution < 1.29 is 14.2 Å². The number of methoxy groups -OCH3 is 2. The Labute approximate surface area is 91.0 Å². The molecule has 1 aromatic rings. The molecule has 0 aliphatic rings. The third kappa shape index (κ3) is 3.44. The highest BCUT2D eigenvalue weighted by atomic mass is 16.5. The molecule has 0 aromatic heterocycles. The van der Waals surface area contributed by atoms with Gasteiger partial charge in [0.1, 0.15) is 6.61 Å². The Bertz CT molecular complexity index is 307. The Morgan fingerprint density at radius 1 is 1.07 bits per heavy atom. The summed E-state index contributed by atoms with van der Waals surface area (Å²) in [4.78, 5) is 0. The van der Waals surface area contributed by atoms with Crippen LogP contribution in [0.4, 0.5) is 0 Å². The molecule has 0 atom stereocenters. The predicted molar refractivity (Wildman–Crippen MR) is 59.6 cm³/mol. The fourth-order valence-electron chi connectivity index (χ4n) is 1.05. The second kappa shape index (κ2) is 5.03. The standard InChI is InChI=1S/C12H18O3/c1-12(2,14-4)9-15-11-8-6-5-7-10(11)13-3/h5-8H,9H2,1-4H3. The third-order valence-corrected chi connectivity index (χ3v) is 2.20. The Morgan fingerprint density at radius 2 is 1.67 bits per heavy atom. The summed E-state index contributed by atoms with van der Waals surface area (Å²) in [5.74, 6) is 1.48. The number of ether oxygens (including phenoxy) is 3. The summed E-state index contributed by atoms with van der Waals surface area (Å²) in [5.41, 5.74) is -0.291. The highest BCUT2D eigenvalue weighted by Crippen LogP contribution is 2.26. The molecule has 0 spiro atoms. The third-order valence-electron chi connectivity index (χ3n) is 2.20. The van der Waals surface area contributed by atoms with Gasteiger partial charge in [0.2, 0.25) is 0 Å². The van der Waals surface area contributed by atoms with E-state index in [0.717, 1.165) is 11.5 Å². The molecule has 3 heteroatoms. The lowest BCUT2D eigenvalue weighted by atomic mass is 10.1. The van der Waals surface area contributed by atoms with Crippen molar-refractivity contribution in [2.45, 2.75) is 19.4 Å². The van der Waals surface area contributed by atoms with Crippen molar-refractivity contribution >= 4 is 0 Å². The molecule has 15 heavy (non-hydrogen) atoms. The zero-order valence-electron chi connectivity index (χ0n) is 9.74. The first kappa shape index (κ1) is 11.9. The first-order chi connectivity index (χ1) is 7.09. The van der Waals surface area contributed by atoms with E-state index in [1.165, 1.54) is 0 Å². The molecule has 0 fully saturated rings. The monoisotopic (exact) mass is 210 g/mol. The second-order valence-electron chi connectivity index (χ2n) is 3.90. The minimum atomic E-state index is -0.291. The second-order valence-corrected chi connectivity index (χ2v) is 3.90. The van der Waals surface area contributed by atoms with E-state index in [1.54, 1.807) is 14.2 Å². The molecule has 0 N–H and O–H groups in total. The molecule has 1 aromatic carbocycles. The van der Waals surface area contributed by atoms with Crippen molar-refractivity contribution in [3.63, 3.8) is 0 Å². The van der Waals surface area contributed by atoms with Crippen LogP contribution in [-0.2, 0) is 4.74 Å². The zero-order chi connectivity index (χ0) is 11.3. The van der Waals surface area contributed by atoms with E-state index in [-0.39, 0.29) is 5.60 Å². The first-order valence-corrected chi connectivity index (χ1v) is 4.90. The van der Waals surface area contributed by atoms with Crippen LogP contribution in [0.1, 0.15) is 13.8 Å². The molecule has 0 amide bonds. The number of rotatable bonds is 5. The molecule has 0 aliphatic heterocycles. The smallest absolute Gasteiger partial charge is 0.161 e. The van der Waals surface area contributed by atoms with Gasteiger partial charge in [-0.3, -0.25) is 0 Å². The summed E-state index contributed by atoms with van der Waals surface area (Å²) in [5, 5.41) is 0. The van der Waals surface area contributed by atoms with Gasteiger partial charge in [-0.1, -0.05) is 12.1 Å². The summed E-state index contributed by atoms with van der Waals surface area (Å²) < 4.78 is 16.1. The summed E-state index contributed by atoms with van der Waals surface area (Å²) >= 11 is 0. The van der Waals surface area contributed by atoms with Gasteiger partial charge in [-0.25, -0.2) is 0 Å². The van der Waals surface area contributed by atoms with E-state index < -0.39 is 0 Å². The lowest BCUT2D eigenvalue weighted by Crippen LogP contribution is -2.30. The van der Waals surface area contributed by atoms with Crippen molar-refractivity contribution in [2.75, 3.05) is 20.8 Å². The average Bonchev–Trinajstić information content (AvgIpc) is 2.27. The highest BCUT2D eigenvalue weighted by molar-refractivity contribution is 5.39. The number of hydrogen-bond donors (Lipinski definition) is 0. The quantitative estimate of drug-likeness (QED) is 0.747. The van der Waals surface area contributed by atoms with Crippen LogP contribution in [0.3, 0.4) is 0 Å². The van der Waals surface area contributed by atoms with Gasteiger partial charge >= 0.3 is 0 Å². The van der Waals surface area contributed by atoms with Crippen LogP contribution in [0, 0.1) is 0 Å². The van der Waals surface area contributed by atoms with Gasteiger partial charge in [0.25, 0.3) is 0 Å². The Balaban J connectivity index is 2.65. The molecule has 0 bridgehead atoms. The van der Waals surface area contributed by atoms with Gasteiger partial charge < -0.3 is 14.2 Å². The first-order valence-electron chi connectivity index (χ1n) is 4.90. The highest BCUT2D eigenvalue weighted by Gasteiger charge is 2.18. The van der Waals surface area contributed by atoms with Gasteiger partial charge in [-0.2, -0.15) is 0 Å². The lowest BCUT2D eigenvalue weighted by molar-refractivity contribution is -0.0151. The van der Waals surface area contributed by atoms with Gasteiger partial charge in [0.15, 0.2) is 11.5 Å². The summed E-state index contributed by atoms with van der Waals surface area (Å²) in [6.07, 6.45) is 0. The Morgan fingerprint density at radius 3 is 2.20 bits per heavy atom. The molecule has 0 saturated carbocycles. The summed E-state index contributed by atoms with van der Waals surface area (Å²) in [6, 6.07) is 7.57. The lowest BCUT2D eigenvalue weighted by Gasteiger charge is -2.23. The van der Waals surface area contributed by atoms with Crippen LogP contribution >= 0.6 is 0 Å². The van der Waals surface area contributed by atoms with Crippen molar-refractivity contribution in [3.05, 3.63) is 24.3 Å². The normalized spacial score (nSPS) is 11.2. The van der Waals surface area contributed by atoms with E-state index >= 15 is 0 Å². The van der Waals surface area contributed by atoms with Gasteiger partial charge in [0.05, 0.1) is 12.7 Å². The molecule has 0 aliphatic carbocycles. The number of para-hydroxylation sites is 2. The maximum Gasteiger partial charge on any atom is 0.161 e. The van der Waals surface area contributed by atoms with E-state index in [0.29, 0.717) is 6.61 Å². The largest absolute Gasteiger partial charge is 0.493 e. The molecule has 84 valence electrons. The maximum atomic E-state index is 5.63. The van der Waals surface area contributed by atoms with Crippen molar-refractivity contribution in [1.82, 2.24) is 0 Å². The van der Waals surface area contributed by atoms with Crippen molar-refractivity contribution in [1.29, 1.82) is 0 Å². The van der Waals surface area contributed by atoms with E-state index in [4.69, 9.17) is 14.2 Å². The molecular weight excluding hydrogens is 192 g/mol. The van der Waals surface area contributed by atoms with Crippen LogP contribution in [0.5, 0.6) is 11.5 Å². The summed E-state index contributed by atoms with van der Waals surface area (Å²) in [7, 11) is 3.30. The van der Waals surface area contributed by atoms with E-state index in [9.17, 15) is 0 Å². The zero-order valence-corrected chi connectivity index (χ0v) is 9.74. The predicted octanol–water partition coefficient (Wildman–Crippen LogP) is 2.50. The molecule has 0 radical (unpaired) electrons. The van der Waals surface area contributed by atoms with Gasteiger partial charge in [0, 0.05) is 7.11 Å². The molecule has 0 unspecified atom stereocenters. The molecule has 1 rings (SSSR count). The minimum Gasteiger partial charge on any atom is -0.493 e. The van der Waals surface area contributed by atoms with Crippen LogP contribution in [0.2, 0.25) is 0 Å². The Kier molecular flexibility index (Phi) is 3.97. The molecule has 0 heterocycles. The van der Waals surface area contributed by atoms with E-state index in [1.807, 2.05) is 38.1 Å².